The minimum atomic E-state index is -0.639. The average Bonchev–Trinajstić information content (AvgIpc) is 3.28. The molecule has 1 heterocycles. The highest BCUT2D eigenvalue weighted by Crippen LogP contribution is 2.64. The Bertz CT molecular complexity index is 634. The first-order valence-corrected chi connectivity index (χ1v) is 11.4. The van der Waals surface area contributed by atoms with Gasteiger partial charge in [-0.15, -0.1) is 0 Å². The van der Waals surface area contributed by atoms with Crippen molar-refractivity contribution in [2.24, 2.45) is 22.7 Å². The van der Waals surface area contributed by atoms with Crippen LogP contribution in [0.2, 0.25) is 0 Å². The first kappa shape index (κ1) is 20.2. The normalized spacial score (nSPS) is 39.6. The molecule has 0 radical (unpaired) electrons. The fourth-order valence-corrected chi connectivity index (χ4v) is 6.53. The zero-order chi connectivity index (χ0) is 20.2. The van der Waals surface area contributed by atoms with Gasteiger partial charge in [0.15, 0.2) is 0 Å². The van der Waals surface area contributed by atoms with E-state index in [2.05, 4.69) is 19.2 Å². The molecule has 4 rings (SSSR count). The largest absolute Gasteiger partial charge is 0.390 e. The zero-order valence-electron chi connectivity index (χ0n) is 17.9. The predicted octanol–water partition coefficient (Wildman–Crippen LogP) is 3.25. The van der Waals surface area contributed by atoms with E-state index in [0.29, 0.717) is 12.3 Å². The average molecular weight is 391 g/mol. The van der Waals surface area contributed by atoms with Crippen molar-refractivity contribution in [1.82, 2.24) is 10.2 Å². The summed E-state index contributed by atoms with van der Waals surface area (Å²) in [5.41, 5.74) is -0.645. The van der Waals surface area contributed by atoms with Crippen LogP contribution in [0.5, 0.6) is 0 Å². The van der Waals surface area contributed by atoms with Crippen LogP contribution in [0.25, 0.3) is 0 Å². The number of nitrogens with one attached hydrogen (secondary N) is 1. The number of hydrogen-bond donors (Lipinski definition) is 2. The smallest absolute Gasteiger partial charge is 0.223 e. The number of amides is 2. The summed E-state index contributed by atoms with van der Waals surface area (Å²) >= 11 is 0. The minimum Gasteiger partial charge on any atom is -0.390 e. The van der Waals surface area contributed by atoms with Crippen LogP contribution in [0.15, 0.2) is 0 Å². The fraction of sp³-hybridized carbons (Fsp3) is 0.913. The van der Waals surface area contributed by atoms with Gasteiger partial charge in [-0.1, -0.05) is 13.8 Å². The Balaban J connectivity index is 1.56. The molecule has 4 atom stereocenters. The maximum atomic E-state index is 12.8. The third-order valence-electron chi connectivity index (χ3n) is 8.36. The van der Waals surface area contributed by atoms with E-state index in [1.54, 1.807) is 0 Å². The molecule has 5 nitrogen and oxygen atoms in total. The summed E-state index contributed by atoms with van der Waals surface area (Å²) in [5.74, 6) is 1.03. The van der Waals surface area contributed by atoms with E-state index >= 15 is 0 Å². The van der Waals surface area contributed by atoms with Crippen molar-refractivity contribution in [3.05, 3.63) is 0 Å². The van der Waals surface area contributed by atoms with E-state index in [1.807, 2.05) is 11.8 Å². The molecule has 0 spiro atoms. The van der Waals surface area contributed by atoms with E-state index in [1.165, 1.54) is 0 Å². The minimum absolute atomic E-state index is 0.0581. The van der Waals surface area contributed by atoms with Gasteiger partial charge in [-0.25, -0.2) is 0 Å². The summed E-state index contributed by atoms with van der Waals surface area (Å²) in [6.45, 7) is 8.34. The van der Waals surface area contributed by atoms with Crippen molar-refractivity contribution in [1.29, 1.82) is 0 Å². The SMILES string of the molecule is CC1(O)CCC2(CCC(=O)N3CCCC3)C(NC(=O)C3CC3)CC(C)(C)C2C1. The van der Waals surface area contributed by atoms with Gasteiger partial charge in [0, 0.05) is 31.5 Å². The molecular weight excluding hydrogens is 352 g/mol. The van der Waals surface area contributed by atoms with Gasteiger partial charge in [-0.3, -0.25) is 9.59 Å². The fourth-order valence-electron chi connectivity index (χ4n) is 6.53. The molecule has 5 heteroatoms. The summed E-state index contributed by atoms with van der Waals surface area (Å²) in [6, 6.07) is 0.128. The molecule has 1 aliphatic heterocycles. The Morgan fingerprint density at radius 3 is 2.39 bits per heavy atom. The van der Waals surface area contributed by atoms with Crippen LogP contribution in [-0.4, -0.2) is 46.6 Å². The molecule has 28 heavy (non-hydrogen) atoms. The summed E-state index contributed by atoms with van der Waals surface area (Å²) in [5, 5.41) is 14.2. The van der Waals surface area contributed by atoms with Gasteiger partial charge in [0.05, 0.1) is 5.60 Å². The van der Waals surface area contributed by atoms with E-state index in [9.17, 15) is 14.7 Å². The topological polar surface area (TPSA) is 69.6 Å². The van der Waals surface area contributed by atoms with Crippen LogP contribution in [0, 0.1) is 22.7 Å². The molecule has 3 saturated carbocycles. The van der Waals surface area contributed by atoms with Crippen molar-refractivity contribution in [2.45, 2.75) is 96.6 Å². The molecule has 0 aromatic heterocycles. The Kier molecular flexibility index (Phi) is 5.05. The van der Waals surface area contributed by atoms with Crippen LogP contribution in [0.1, 0.15) is 85.0 Å². The monoisotopic (exact) mass is 390 g/mol. The van der Waals surface area contributed by atoms with Crippen LogP contribution in [0.3, 0.4) is 0 Å². The van der Waals surface area contributed by atoms with Gasteiger partial charge in [0.2, 0.25) is 11.8 Å². The molecule has 4 unspecified atom stereocenters. The predicted molar refractivity (Wildman–Crippen MR) is 108 cm³/mol. The quantitative estimate of drug-likeness (QED) is 0.757. The van der Waals surface area contributed by atoms with Gasteiger partial charge in [-0.2, -0.15) is 0 Å². The molecule has 2 N–H and O–H groups in total. The lowest BCUT2D eigenvalue weighted by atomic mass is 9.57. The van der Waals surface area contributed by atoms with Crippen molar-refractivity contribution in [3.63, 3.8) is 0 Å². The highest BCUT2D eigenvalue weighted by molar-refractivity contribution is 5.81. The lowest BCUT2D eigenvalue weighted by Crippen LogP contribution is -2.53. The van der Waals surface area contributed by atoms with Crippen LogP contribution >= 0.6 is 0 Å². The van der Waals surface area contributed by atoms with Crippen LogP contribution in [-0.2, 0) is 9.59 Å². The Labute approximate surface area is 169 Å². The number of aliphatic hydroxyl groups is 1. The molecule has 4 fully saturated rings. The summed E-state index contributed by atoms with van der Waals surface area (Å²) < 4.78 is 0. The van der Waals surface area contributed by atoms with Crippen molar-refractivity contribution in [2.75, 3.05) is 13.1 Å². The maximum absolute atomic E-state index is 12.8. The van der Waals surface area contributed by atoms with Crippen molar-refractivity contribution < 1.29 is 14.7 Å². The number of rotatable bonds is 5. The Morgan fingerprint density at radius 2 is 1.75 bits per heavy atom. The second-order valence-corrected chi connectivity index (χ2v) is 11.1. The molecule has 2 amide bonds. The van der Waals surface area contributed by atoms with Crippen LogP contribution < -0.4 is 5.32 Å². The molecule has 4 aliphatic rings. The summed E-state index contributed by atoms with van der Waals surface area (Å²) in [4.78, 5) is 27.4. The first-order valence-electron chi connectivity index (χ1n) is 11.4. The van der Waals surface area contributed by atoms with Gasteiger partial charge in [0.25, 0.3) is 0 Å². The Hall–Kier alpha value is -1.10. The van der Waals surface area contributed by atoms with E-state index in [0.717, 1.165) is 70.9 Å². The number of fused-ring (bicyclic) bond motifs is 1. The molecular formula is C23H38N2O3. The first-order chi connectivity index (χ1) is 13.1. The molecule has 158 valence electrons. The number of nitrogens with zero attached hydrogens (tertiary/aromatic N) is 1. The molecule has 0 bridgehead atoms. The molecule has 0 aromatic carbocycles. The highest BCUT2D eigenvalue weighted by atomic mass is 16.3. The summed E-state index contributed by atoms with van der Waals surface area (Å²) in [7, 11) is 0. The third kappa shape index (κ3) is 3.71. The lowest BCUT2D eigenvalue weighted by molar-refractivity contribution is -0.132. The molecule has 1 saturated heterocycles. The van der Waals surface area contributed by atoms with Crippen molar-refractivity contribution in [3.8, 4) is 0 Å². The Morgan fingerprint density at radius 1 is 1.07 bits per heavy atom. The number of carbonyl (C=O) groups is 2. The van der Waals surface area contributed by atoms with Gasteiger partial charge < -0.3 is 15.3 Å². The van der Waals surface area contributed by atoms with E-state index < -0.39 is 5.60 Å². The number of carbonyl (C=O) groups excluding carboxylic acids is 2. The number of likely N-dealkylation sites (tertiary alicyclic amines) is 1. The van der Waals surface area contributed by atoms with E-state index in [-0.39, 0.29) is 34.6 Å². The second kappa shape index (κ2) is 7.00. The standard InChI is InChI=1S/C23H38N2O3/c1-21(2)15-18(24-20(27)16-6-7-16)23(11-10-22(3,28)14-17(21)23)9-8-19(26)25-12-4-5-13-25/h16-18,28H,4-15H2,1-3H3,(H,24,27). The number of hydrogen-bond acceptors (Lipinski definition) is 3. The maximum Gasteiger partial charge on any atom is 0.223 e. The van der Waals surface area contributed by atoms with E-state index in [4.69, 9.17) is 0 Å². The highest BCUT2D eigenvalue weighted by Gasteiger charge is 2.61. The van der Waals surface area contributed by atoms with Gasteiger partial charge in [-0.05, 0) is 81.5 Å². The second-order valence-electron chi connectivity index (χ2n) is 11.1. The summed E-state index contributed by atoms with van der Waals surface area (Å²) in [6.07, 6.45) is 9.06. The zero-order valence-corrected chi connectivity index (χ0v) is 17.9. The van der Waals surface area contributed by atoms with Gasteiger partial charge in [0.1, 0.15) is 0 Å². The molecule has 3 aliphatic carbocycles. The third-order valence-corrected chi connectivity index (χ3v) is 8.36. The molecule has 0 aromatic rings. The lowest BCUT2D eigenvalue weighted by Gasteiger charge is -2.51. The van der Waals surface area contributed by atoms with Gasteiger partial charge >= 0.3 is 0 Å². The van der Waals surface area contributed by atoms with Crippen LogP contribution in [0.4, 0.5) is 0 Å². The van der Waals surface area contributed by atoms with Crippen molar-refractivity contribution >= 4 is 11.8 Å².